The van der Waals surface area contributed by atoms with Gasteiger partial charge < -0.3 is 4.90 Å². The fourth-order valence-electron chi connectivity index (χ4n) is 3.00. The Morgan fingerprint density at radius 1 is 1.16 bits per heavy atom. The zero-order valence-corrected chi connectivity index (χ0v) is 12.5. The van der Waals surface area contributed by atoms with Gasteiger partial charge in [-0.3, -0.25) is 9.69 Å². The summed E-state index contributed by atoms with van der Waals surface area (Å²) in [4.78, 5) is 16.1. The highest BCUT2D eigenvalue weighted by atomic mass is 32.2. The van der Waals surface area contributed by atoms with Crippen LogP contribution in [0.1, 0.15) is 32.1 Å². The Morgan fingerprint density at radius 3 is 2.42 bits per heavy atom. The molecule has 0 aromatic heterocycles. The van der Waals surface area contributed by atoms with E-state index in [1.807, 2.05) is 9.80 Å². The topological polar surface area (TPSA) is 57.7 Å². The summed E-state index contributed by atoms with van der Waals surface area (Å²) in [5, 5.41) is 0. The maximum absolute atomic E-state index is 12.2. The van der Waals surface area contributed by atoms with Crippen molar-refractivity contribution in [3.05, 3.63) is 0 Å². The van der Waals surface area contributed by atoms with Crippen LogP contribution in [0, 0.1) is 0 Å². The molecule has 6 heteroatoms. The number of piperazine rings is 1. The van der Waals surface area contributed by atoms with E-state index >= 15 is 0 Å². The third kappa shape index (κ3) is 4.45. The highest BCUT2D eigenvalue weighted by molar-refractivity contribution is 7.90. The van der Waals surface area contributed by atoms with Crippen molar-refractivity contribution in [3.8, 4) is 0 Å². The van der Waals surface area contributed by atoms with E-state index in [1.165, 1.54) is 25.5 Å². The van der Waals surface area contributed by atoms with E-state index < -0.39 is 9.84 Å². The van der Waals surface area contributed by atoms with Crippen molar-refractivity contribution in [2.75, 3.05) is 38.2 Å². The standard InChI is InChI=1S/C13H24N2O3S/c1-19(17,18)10-9-14-7-8-15(13(16)11-14)12-5-3-2-4-6-12/h12H,2-11H2,1H3. The Hall–Kier alpha value is -0.620. The molecule has 0 aromatic carbocycles. The second-order valence-electron chi connectivity index (χ2n) is 5.78. The summed E-state index contributed by atoms with van der Waals surface area (Å²) in [7, 11) is -2.94. The largest absolute Gasteiger partial charge is 0.337 e. The summed E-state index contributed by atoms with van der Waals surface area (Å²) in [6.07, 6.45) is 7.26. The Labute approximate surface area is 115 Å². The summed E-state index contributed by atoms with van der Waals surface area (Å²) in [6.45, 7) is 2.42. The minimum absolute atomic E-state index is 0.143. The van der Waals surface area contributed by atoms with Gasteiger partial charge in [-0.25, -0.2) is 8.42 Å². The molecule has 1 saturated carbocycles. The van der Waals surface area contributed by atoms with Gasteiger partial charge in [0.2, 0.25) is 5.91 Å². The van der Waals surface area contributed by atoms with E-state index in [4.69, 9.17) is 0 Å². The fraction of sp³-hybridized carbons (Fsp3) is 0.923. The molecule has 2 fully saturated rings. The maximum atomic E-state index is 12.2. The van der Waals surface area contributed by atoms with Crippen LogP contribution in [-0.2, 0) is 14.6 Å². The number of carbonyl (C=O) groups excluding carboxylic acids is 1. The molecule has 1 heterocycles. The van der Waals surface area contributed by atoms with Gasteiger partial charge in [-0.05, 0) is 12.8 Å². The molecule has 1 saturated heterocycles. The lowest BCUT2D eigenvalue weighted by molar-refractivity contribution is -0.139. The number of nitrogens with zero attached hydrogens (tertiary/aromatic N) is 2. The lowest BCUT2D eigenvalue weighted by Crippen LogP contribution is -2.54. The first-order chi connectivity index (χ1) is 8.96. The molecule has 1 aliphatic carbocycles. The van der Waals surface area contributed by atoms with Crippen molar-refractivity contribution in [1.82, 2.24) is 9.80 Å². The van der Waals surface area contributed by atoms with Crippen molar-refractivity contribution in [3.63, 3.8) is 0 Å². The number of rotatable bonds is 4. The number of amides is 1. The van der Waals surface area contributed by atoms with Crippen molar-refractivity contribution >= 4 is 15.7 Å². The van der Waals surface area contributed by atoms with Crippen molar-refractivity contribution < 1.29 is 13.2 Å². The number of hydrogen-bond donors (Lipinski definition) is 0. The predicted molar refractivity (Wildman–Crippen MR) is 74.7 cm³/mol. The van der Waals surface area contributed by atoms with Gasteiger partial charge in [0, 0.05) is 31.9 Å². The van der Waals surface area contributed by atoms with Crippen LogP contribution in [0.5, 0.6) is 0 Å². The normalized spacial score (nSPS) is 23.8. The molecule has 0 radical (unpaired) electrons. The van der Waals surface area contributed by atoms with Crippen LogP contribution in [0.15, 0.2) is 0 Å². The highest BCUT2D eigenvalue weighted by Crippen LogP contribution is 2.23. The van der Waals surface area contributed by atoms with Crippen LogP contribution in [0.2, 0.25) is 0 Å². The monoisotopic (exact) mass is 288 g/mol. The van der Waals surface area contributed by atoms with Gasteiger partial charge in [-0.1, -0.05) is 19.3 Å². The van der Waals surface area contributed by atoms with Crippen molar-refractivity contribution in [2.24, 2.45) is 0 Å². The van der Waals surface area contributed by atoms with Crippen LogP contribution in [0.4, 0.5) is 0 Å². The van der Waals surface area contributed by atoms with E-state index in [0.29, 0.717) is 19.1 Å². The van der Waals surface area contributed by atoms with Crippen LogP contribution in [0.3, 0.4) is 0 Å². The molecule has 0 unspecified atom stereocenters. The Kier molecular flexibility index (Phi) is 4.84. The summed E-state index contributed by atoms with van der Waals surface area (Å²) >= 11 is 0. The third-order valence-corrected chi connectivity index (χ3v) is 5.05. The minimum atomic E-state index is -2.94. The molecule has 1 amide bonds. The molecule has 0 spiro atoms. The number of sulfone groups is 1. The predicted octanol–water partition coefficient (Wildman–Crippen LogP) is 0.508. The molecule has 110 valence electrons. The Balaban J connectivity index is 1.82. The average molecular weight is 288 g/mol. The molecule has 19 heavy (non-hydrogen) atoms. The molecule has 0 N–H and O–H groups in total. The molecule has 5 nitrogen and oxygen atoms in total. The smallest absolute Gasteiger partial charge is 0.237 e. The van der Waals surface area contributed by atoms with Crippen molar-refractivity contribution in [2.45, 2.75) is 38.1 Å². The van der Waals surface area contributed by atoms with Gasteiger partial charge in [-0.15, -0.1) is 0 Å². The van der Waals surface area contributed by atoms with Gasteiger partial charge in [0.05, 0.1) is 12.3 Å². The van der Waals surface area contributed by atoms with Crippen LogP contribution < -0.4 is 0 Å². The van der Waals surface area contributed by atoms with Crippen LogP contribution in [-0.4, -0.2) is 68.4 Å². The quantitative estimate of drug-likeness (QED) is 0.756. The summed E-state index contributed by atoms with van der Waals surface area (Å²) in [5.41, 5.74) is 0. The SMILES string of the molecule is CS(=O)(=O)CCN1CCN(C2CCCCC2)C(=O)C1. The van der Waals surface area contributed by atoms with Gasteiger partial charge in [0.15, 0.2) is 0 Å². The first-order valence-corrected chi connectivity index (χ1v) is 9.21. The second kappa shape index (κ2) is 6.22. The van der Waals surface area contributed by atoms with E-state index in [1.54, 1.807) is 0 Å². The third-order valence-electron chi connectivity index (χ3n) is 4.13. The molecule has 2 aliphatic rings. The first-order valence-electron chi connectivity index (χ1n) is 7.15. The minimum Gasteiger partial charge on any atom is -0.337 e. The molecule has 0 bridgehead atoms. The summed E-state index contributed by atoms with van der Waals surface area (Å²) in [5.74, 6) is 0.315. The molecule has 1 aliphatic heterocycles. The Bertz CT molecular complexity index is 416. The molecular weight excluding hydrogens is 264 g/mol. The summed E-state index contributed by atoms with van der Waals surface area (Å²) < 4.78 is 22.3. The molecule has 0 atom stereocenters. The van der Waals surface area contributed by atoms with Crippen molar-refractivity contribution in [1.29, 1.82) is 0 Å². The Morgan fingerprint density at radius 2 is 1.84 bits per heavy atom. The van der Waals surface area contributed by atoms with Crippen LogP contribution in [0.25, 0.3) is 0 Å². The average Bonchev–Trinajstić information content (AvgIpc) is 2.37. The van der Waals surface area contributed by atoms with Crippen LogP contribution >= 0.6 is 0 Å². The van der Waals surface area contributed by atoms with E-state index in [0.717, 1.165) is 25.9 Å². The maximum Gasteiger partial charge on any atom is 0.237 e. The number of carbonyl (C=O) groups is 1. The van der Waals surface area contributed by atoms with Gasteiger partial charge in [0.25, 0.3) is 0 Å². The highest BCUT2D eigenvalue weighted by Gasteiger charge is 2.30. The zero-order chi connectivity index (χ0) is 13.9. The van der Waals surface area contributed by atoms with Gasteiger partial charge in [0.1, 0.15) is 9.84 Å². The molecule has 0 aromatic rings. The molecular formula is C13H24N2O3S. The summed E-state index contributed by atoms with van der Waals surface area (Å²) in [6, 6.07) is 0.429. The van der Waals surface area contributed by atoms with E-state index in [-0.39, 0.29) is 11.7 Å². The van der Waals surface area contributed by atoms with E-state index in [2.05, 4.69) is 0 Å². The lowest BCUT2D eigenvalue weighted by atomic mass is 9.93. The fourth-order valence-corrected chi connectivity index (χ4v) is 3.59. The lowest BCUT2D eigenvalue weighted by Gasteiger charge is -2.40. The first kappa shape index (κ1) is 14.8. The number of hydrogen-bond acceptors (Lipinski definition) is 4. The zero-order valence-electron chi connectivity index (χ0n) is 11.7. The van der Waals surface area contributed by atoms with Gasteiger partial charge >= 0.3 is 0 Å². The van der Waals surface area contributed by atoms with E-state index in [9.17, 15) is 13.2 Å². The second-order valence-corrected chi connectivity index (χ2v) is 8.04. The molecule has 2 rings (SSSR count). The van der Waals surface area contributed by atoms with Gasteiger partial charge in [-0.2, -0.15) is 0 Å².